The van der Waals surface area contributed by atoms with Gasteiger partial charge in [0.15, 0.2) is 0 Å². The lowest BCUT2D eigenvalue weighted by Crippen LogP contribution is -2.54. The second-order valence-corrected chi connectivity index (χ2v) is 12.0. The molecule has 5 rings (SSSR count). The van der Waals surface area contributed by atoms with Crippen LogP contribution in [0, 0.1) is 0 Å². The fourth-order valence-electron chi connectivity index (χ4n) is 5.85. The highest BCUT2D eigenvalue weighted by Crippen LogP contribution is 2.35. The Bertz CT molecular complexity index is 1460. The zero-order valence-corrected chi connectivity index (χ0v) is 25.2. The molecule has 46 heavy (non-hydrogen) atoms. The molecule has 0 bridgehead atoms. The van der Waals surface area contributed by atoms with Gasteiger partial charge in [0.25, 0.3) is 0 Å². The van der Waals surface area contributed by atoms with Crippen molar-refractivity contribution in [2.24, 2.45) is 22.9 Å². The molecule has 0 aliphatic carbocycles. The van der Waals surface area contributed by atoms with E-state index in [0.717, 1.165) is 6.07 Å². The average Bonchev–Trinajstić information content (AvgIpc) is 2.97. The van der Waals surface area contributed by atoms with Crippen LogP contribution in [0.3, 0.4) is 0 Å². The highest BCUT2D eigenvalue weighted by molar-refractivity contribution is 5.91. The summed E-state index contributed by atoms with van der Waals surface area (Å²) >= 11 is 0. The van der Waals surface area contributed by atoms with Crippen LogP contribution < -0.4 is 43.4 Å². The van der Waals surface area contributed by atoms with Crippen LogP contribution in [0.15, 0.2) is 42.5 Å². The molecule has 3 heterocycles. The number of aromatic nitrogens is 3. The van der Waals surface area contributed by atoms with E-state index in [9.17, 15) is 23.1 Å². The van der Waals surface area contributed by atoms with Crippen LogP contribution in [0.2, 0.25) is 0 Å². The fourth-order valence-corrected chi connectivity index (χ4v) is 5.85. The van der Waals surface area contributed by atoms with Gasteiger partial charge < -0.3 is 48.5 Å². The molecule has 2 aliphatic heterocycles. The number of aromatic hydroxyl groups is 1. The van der Waals surface area contributed by atoms with Crippen molar-refractivity contribution in [1.82, 2.24) is 15.0 Å². The Morgan fingerprint density at radius 2 is 1.43 bits per heavy atom. The van der Waals surface area contributed by atoms with Gasteiger partial charge in [0.1, 0.15) is 5.75 Å². The van der Waals surface area contributed by atoms with Gasteiger partial charge in [-0.25, -0.2) is 0 Å². The molecule has 2 aliphatic rings. The lowest BCUT2D eigenvalue weighted by molar-refractivity contribution is -0.137. The van der Waals surface area contributed by atoms with Gasteiger partial charge in [-0.2, -0.15) is 28.1 Å². The number of nitrogens with two attached hydrogens (primary N) is 4. The number of hydrogen-bond donors (Lipinski definition) is 7. The molecule has 13 nitrogen and oxygen atoms in total. The summed E-state index contributed by atoms with van der Waals surface area (Å²) in [5.41, 5.74) is 24.8. The summed E-state index contributed by atoms with van der Waals surface area (Å²) in [6, 6.07) is 9.21. The number of para-hydroxylation sites is 1. The van der Waals surface area contributed by atoms with Crippen molar-refractivity contribution in [1.29, 1.82) is 0 Å². The number of carbonyl (C=O) groups excluding carboxylic acids is 1. The average molecular weight is 644 g/mol. The molecule has 0 radical (unpaired) electrons. The van der Waals surface area contributed by atoms with Crippen molar-refractivity contribution < 1.29 is 23.1 Å². The maximum atomic E-state index is 13.2. The normalized spacial score (nSPS) is 22.1. The number of anilines is 5. The standard InChI is InChI=1S/C30H40F3N11O2/c31-30(32,33)23-5-1-2-6-24(23)39-26(46)7-3-4-17-8-9-22(12-25(17)45)38-27-40-28(43-13-18(34)10-19(35)14-43)42-29(41-27)44-15-20(36)11-21(37)16-44/h1-2,5-6,8-9,12,18-21,45H,3-4,7,10-11,13-16,34-37H2,(H,39,46)(H,38,40,41,42). The molecule has 11 N–H and O–H groups in total. The molecule has 2 aromatic carbocycles. The number of nitrogens with one attached hydrogen (secondary N) is 2. The van der Waals surface area contributed by atoms with E-state index in [0.29, 0.717) is 75.0 Å². The zero-order chi connectivity index (χ0) is 33.0. The van der Waals surface area contributed by atoms with E-state index in [1.54, 1.807) is 12.1 Å². The Kier molecular flexibility index (Phi) is 10.1. The molecule has 0 spiro atoms. The Balaban J connectivity index is 1.26. The van der Waals surface area contributed by atoms with Crippen molar-refractivity contribution in [2.75, 3.05) is 46.6 Å². The molecule has 1 aromatic heterocycles. The minimum atomic E-state index is -4.58. The number of aryl methyl sites for hydroxylation is 1. The smallest absolute Gasteiger partial charge is 0.418 e. The van der Waals surface area contributed by atoms with E-state index in [-0.39, 0.29) is 48.0 Å². The highest BCUT2D eigenvalue weighted by atomic mass is 19.4. The van der Waals surface area contributed by atoms with Crippen LogP contribution in [0.25, 0.3) is 0 Å². The second-order valence-electron chi connectivity index (χ2n) is 12.0. The Hall–Kier alpha value is -4.25. The maximum absolute atomic E-state index is 13.2. The highest BCUT2D eigenvalue weighted by Gasteiger charge is 2.33. The number of alkyl halides is 3. The molecule has 4 atom stereocenters. The van der Waals surface area contributed by atoms with E-state index in [2.05, 4.69) is 20.6 Å². The third-order valence-electron chi connectivity index (χ3n) is 7.91. The third-order valence-corrected chi connectivity index (χ3v) is 7.91. The predicted molar refractivity (Wildman–Crippen MR) is 170 cm³/mol. The lowest BCUT2D eigenvalue weighted by Gasteiger charge is -2.37. The van der Waals surface area contributed by atoms with E-state index in [1.165, 1.54) is 24.3 Å². The van der Waals surface area contributed by atoms with Crippen molar-refractivity contribution in [2.45, 2.75) is 62.4 Å². The molecule has 248 valence electrons. The van der Waals surface area contributed by atoms with Crippen molar-refractivity contribution >= 4 is 35.1 Å². The number of phenolic OH excluding ortho intramolecular Hbond substituents is 1. The Labute approximate surface area is 264 Å². The van der Waals surface area contributed by atoms with E-state index >= 15 is 0 Å². The summed E-state index contributed by atoms with van der Waals surface area (Å²) in [6.07, 6.45) is -2.60. The van der Waals surface area contributed by atoms with Gasteiger partial charge in [-0.1, -0.05) is 18.2 Å². The first-order valence-corrected chi connectivity index (χ1v) is 15.2. The molecule has 16 heteroatoms. The van der Waals surface area contributed by atoms with Crippen molar-refractivity contribution in [3.63, 3.8) is 0 Å². The number of rotatable bonds is 9. The monoisotopic (exact) mass is 643 g/mol. The first-order chi connectivity index (χ1) is 21.8. The van der Waals surface area contributed by atoms with Gasteiger partial charge >= 0.3 is 6.18 Å². The van der Waals surface area contributed by atoms with Crippen LogP contribution in [-0.2, 0) is 17.4 Å². The fraction of sp³-hybridized carbons (Fsp3) is 0.467. The van der Waals surface area contributed by atoms with Gasteiger partial charge in [-0.15, -0.1) is 0 Å². The number of hydrogen-bond acceptors (Lipinski definition) is 12. The van der Waals surface area contributed by atoms with E-state index in [4.69, 9.17) is 27.9 Å². The second kappa shape index (κ2) is 14.0. The van der Waals surface area contributed by atoms with Crippen LogP contribution in [-0.4, -0.2) is 76.3 Å². The van der Waals surface area contributed by atoms with Crippen molar-refractivity contribution in [3.8, 4) is 5.75 Å². The summed E-state index contributed by atoms with van der Waals surface area (Å²) in [5.74, 6) is 0.472. The van der Waals surface area contributed by atoms with Gasteiger partial charge in [-0.3, -0.25) is 4.79 Å². The molecular formula is C30H40F3N11O2. The van der Waals surface area contributed by atoms with Gasteiger partial charge in [0.05, 0.1) is 11.3 Å². The minimum absolute atomic E-state index is 0.0247. The van der Waals surface area contributed by atoms with Crippen LogP contribution in [0.5, 0.6) is 5.75 Å². The molecule has 2 saturated heterocycles. The summed E-state index contributed by atoms with van der Waals surface area (Å²) < 4.78 is 39.7. The minimum Gasteiger partial charge on any atom is -0.508 e. The lowest BCUT2D eigenvalue weighted by atomic mass is 10.0. The van der Waals surface area contributed by atoms with Crippen LogP contribution in [0.1, 0.15) is 36.8 Å². The zero-order valence-electron chi connectivity index (χ0n) is 25.2. The van der Waals surface area contributed by atoms with Gasteiger partial charge in [0, 0.05) is 68.5 Å². The maximum Gasteiger partial charge on any atom is 0.418 e. The number of phenols is 1. The van der Waals surface area contributed by atoms with Gasteiger partial charge in [-0.05, 0) is 49.4 Å². The van der Waals surface area contributed by atoms with E-state index < -0.39 is 17.6 Å². The van der Waals surface area contributed by atoms with Crippen LogP contribution in [0.4, 0.5) is 42.4 Å². The largest absolute Gasteiger partial charge is 0.508 e. The number of benzene rings is 2. The molecule has 3 aromatic rings. The summed E-state index contributed by atoms with van der Waals surface area (Å²) in [4.78, 5) is 30.2. The number of piperidine rings is 2. The first kappa shape index (κ1) is 33.1. The number of nitrogens with zero attached hydrogens (tertiary/aromatic N) is 5. The Morgan fingerprint density at radius 1 is 0.870 bits per heavy atom. The first-order valence-electron chi connectivity index (χ1n) is 15.2. The van der Waals surface area contributed by atoms with Gasteiger partial charge in [0.2, 0.25) is 23.8 Å². The third kappa shape index (κ3) is 8.51. The molecule has 0 saturated carbocycles. The number of amides is 1. The summed E-state index contributed by atoms with van der Waals surface area (Å²) in [6.45, 7) is 2.10. The summed E-state index contributed by atoms with van der Waals surface area (Å²) in [7, 11) is 0. The summed E-state index contributed by atoms with van der Waals surface area (Å²) in [5, 5.41) is 16.2. The van der Waals surface area contributed by atoms with Crippen molar-refractivity contribution in [3.05, 3.63) is 53.6 Å². The number of halogens is 3. The molecular weight excluding hydrogens is 603 g/mol. The topological polar surface area (TPSA) is 211 Å². The van der Waals surface area contributed by atoms with Crippen LogP contribution >= 0.6 is 0 Å². The molecule has 1 amide bonds. The SMILES string of the molecule is NC1CC(N)CN(c2nc(Nc3ccc(CCCC(=O)Nc4ccccc4C(F)(F)F)c(O)c3)nc(N3CC(N)CC(N)C3)n2)C1. The quantitative estimate of drug-likeness (QED) is 0.179. The molecule has 4 unspecified atom stereocenters. The number of carbonyl (C=O) groups is 1. The Morgan fingerprint density at radius 3 is 1.98 bits per heavy atom. The van der Waals surface area contributed by atoms with E-state index in [1.807, 2.05) is 9.80 Å². The predicted octanol–water partition coefficient (Wildman–Crippen LogP) is 2.03. The molecule has 2 fully saturated rings.